The average molecular weight is 266 g/mol. The molecule has 0 aromatic rings. The van der Waals surface area contributed by atoms with Gasteiger partial charge in [0.15, 0.2) is 0 Å². The van der Waals surface area contributed by atoms with Crippen LogP contribution in [0.25, 0.3) is 0 Å². The fourth-order valence-electron chi connectivity index (χ4n) is 4.71. The highest BCUT2D eigenvalue weighted by Crippen LogP contribution is 2.47. The van der Waals surface area contributed by atoms with Crippen molar-refractivity contribution in [3.05, 3.63) is 0 Å². The van der Waals surface area contributed by atoms with Crippen molar-refractivity contribution in [2.75, 3.05) is 19.6 Å². The average Bonchev–Trinajstić information content (AvgIpc) is 2.78. The van der Waals surface area contributed by atoms with E-state index in [1.54, 1.807) is 0 Å². The first-order valence-corrected chi connectivity index (χ1v) is 8.38. The van der Waals surface area contributed by atoms with Crippen molar-refractivity contribution in [1.29, 1.82) is 0 Å². The third-order valence-corrected chi connectivity index (χ3v) is 5.98. The second-order valence-electron chi connectivity index (χ2n) is 7.97. The van der Waals surface area contributed by atoms with Crippen LogP contribution < -0.4 is 5.73 Å². The summed E-state index contributed by atoms with van der Waals surface area (Å²) < 4.78 is 0. The van der Waals surface area contributed by atoms with Crippen LogP contribution in [-0.2, 0) is 0 Å². The maximum atomic E-state index is 6.27. The van der Waals surface area contributed by atoms with E-state index in [0.717, 1.165) is 18.4 Å². The van der Waals surface area contributed by atoms with E-state index in [1.165, 1.54) is 51.6 Å². The summed E-state index contributed by atoms with van der Waals surface area (Å²) in [6.07, 6.45) is 8.10. The Morgan fingerprint density at radius 1 is 1.26 bits per heavy atom. The Morgan fingerprint density at radius 3 is 2.58 bits per heavy atom. The summed E-state index contributed by atoms with van der Waals surface area (Å²) in [5.74, 6) is 1.66. The minimum Gasteiger partial charge on any atom is -0.329 e. The molecule has 0 spiro atoms. The molecule has 3 unspecified atom stereocenters. The van der Waals surface area contributed by atoms with Crippen LogP contribution in [0.4, 0.5) is 0 Å². The van der Waals surface area contributed by atoms with Gasteiger partial charge in [-0.05, 0) is 55.9 Å². The van der Waals surface area contributed by atoms with Crippen LogP contribution in [0, 0.1) is 17.3 Å². The Balaban J connectivity index is 2.07. The molecule has 2 heteroatoms. The molecule has 0 amide bonds. The van der Waals surface area contributed by atoms with Crippen LogP contribution >= 0.6 is 0 Å². The van der Waals surface area contributed by atoms with E-state index >= 15 is 0 Å². The van der Waals surface area contributed by atoms with Crippen LogP contribution in [0.1, 0.15) is 66.2 Å². The summed E-state index contributed by atoms with van der Waals surface area (Å²) in [6, 6.07) is 0. The van der Waals surface area contributed by atoms with E-state index in [2.05, 4.69) is 32.6 Å². The second-order valence-corrected chi connectivity index (χ2v) is 7.97. The van der Waals surface area contributed by atoms with Gasteiger partial charge >= 0.3 is 0 Å². The van der Waals surface area contributed by atoms with Gasteiger partial charge in [0.25, 0.3) is 0 Å². The molecule has 2 nitrogen and oxygen atoms in total. The lowest BCUT2D eigenvalue weighted by molar-refractivity contribution is -0.0109. The maximum absolute atomic E-state index is 6.27. The van der Waals surface area contributed by atoms with E-state index in [4.69, 9.17) is 5.73 Å². The molecular formula is C17H34N2. The number of likely N-dealkylation sites (tertiary alicyclic amines) is 1. The van der Waals surface area contributed by atoms with E-state index in [-0.39, 0.29) is 0 Å². The Kier molecular flexibility index (Phi) is 4.62. The molecule has 1 saturated carbocycles. The number of nitrogens with two attached hydrogens (primary N) is 1. The van der Waals surface area contributed by atoms with Gasteiger partial charge in [0, 0.05) is 18.6 Å². The standard InChI is InChI=1S/C17H34N2/c1-5-6-15-7-10-19(12-15)17(13-18)9-8-16(3,4)11-14(17)2/h14-15H,5-13,18H2,1-4H3. The molecule has 0 bridgehead atoms. The molecule has 1 saturated heterocycles. The largest absolute Gasteiger partial charge is 0.329 e. The van der Waals surface area contributed by atoms with E-state index in [0.29, 0.717) is 11.0 Å². The zero-order chi connectivity index (χ0) is 14.1. The molecule has 2 fully saturated rings. The van der Waals surface area contributed by atoms with Crippen molar-refractivity contribution >= 4 is 0 Å². The summed E-state index contributed by atoms with van der Waals surface area (Å²) >= 11 is 0. The zero-order valence-corrected chi connectivity index (χ0v) is 13.5. The number of hydrogen-bond acceptors (Lipinski definition) is 2. The number of nitrogens with zero attached hydrogens (tertiary/aromatic N) is 1. The summed E-state index contributed by atoms with van der Waals surface area (Å²) in [5.41, 5.74) is 7.09. The molecule has 0 radical (unpaired) electrons. The smallest absolute Gasteiger partial charge is 0.0357 e. The molecule has 19 heavy (non-hydrogen) atoms. The second kappa shape index (κ2) is 5.73. The number of hydrogen-bond donors (Lipinski definition) is 1. The third-order valence-electron chi connectivity index (χ3n) is 5.98. The van der Waals surface area contributed by atoms with E-state index < -0.39 is 0 Å². The van der Waals surface area contributed by atoms with Crippen LogP contribution in [-0.4, -0.2) is 30.1 Å². The van der Waals surface area contributed by atoms with Crippen molar-refractivity contribution in [1.82, 2.24) is 4.90 Å². The lowest BCUT2D eigenvalue weighted by atomic mass is 9.63. The fraction of sp³-hybridized carbons (Fsp3) is 1.00. The van der Waals surface area contributed by atoms with Crippen molar-refractivity contribution in [2.45, 2.75) is 71.8 Å². The molecule has 1 aliphatic carbocycles. The van der Waals surface area contributed by atoms with Crippen molar-refractivity contribution in [3.8, 4) is 0 Å². The minimum absolute atomic E-state index is 0.304. The van der Waals surface area contributed by atoms with Gasteiger partial charge in [-0.2, -0.15) is 0 Å². The van der Waals surface area contributed by atoms with Gasteiger partial charge in [0.2, 0.25) is 0 Å². The SMILES string of the molecule is CCCC1CCN(C2(CN)CCC(C)(C)CC2C)C1. The minimum atomic E-state index is 0.304. The number of rotatable bonds is 4. The predicted molar refractivity (Wildman–Crippen MR) is 83.2 cm³/mol. The summed E-state index contributed by atoms with van der Waals surface area (Å²) in [6.45, 7) is 13.0. The topological polar surface area (TPSA) is 29.3 Å². The van der Waals surface area contributed by atoms with Crippen molar-refractivity contribution in [3.63, 3.8) is 0 Å². The normalized spacial score (nSPS) is 39.6. The first kappa shape index (κ1) is 15.3. The third kappa shape index (κ3) is 3.00. The highest BCUT2D eigenvalue weighted by Gasteiger charge is 2.48. The first-order valence-electron chi connectivity index (χ1n) is 8.38. The molecule has 2 aliphatic rings. The van der Waals surface area contributed by atoms with E-state index in [1.807, 2.05) is 0 Å². The Morgan fingerprint density at radius 2 is 2.00 bits per heavy atom. The molecule has 3 atom stereocenters. The first-order chi connectivity index (χ1) is 8.93. The van der Waals surface area contributed by atoms with Crippen LogP contribution in [0.5, 0.6) is 0 Å². The van der Waals surface area contributed by atoms with Gasteiger partial charge in [0.05, 0.1) is 0 Å². The zero-order valence-electron chi connectivity index (χ0n) is 13.5. The van der Waals surface area contributed by atoms with Gasteiger partial charge in [0.1, 0.15) is 0 Å². The van der Waals surface area contributed by atoms with Crippen LogP contribution in [0.3, 0.4) is 0 Å². The van der Waals surface area contributed by atoms with Gasteiger partial charge in [-0.15, -0.1) is 0 Å². The molecule has 2 N–H and O–H groups in total. The summed E-state index contributed by atoms with van der Waals surface area (Å²) in [5, 5.41) is 0. The van der Waals surface area contributed by atoms with Crippen molar-refractivity contribution in [2.24, 2.45) is 23.0 Å². The van der Waals surface area contributed by atoms with Gasteiger partial charge in [-0.3, -0.25) is 4.90 Å². The molecule has 112 valence electrons. The van der Waals surface area contributed by atoms with Crippen molar-refractivity contribution < 1.29 is 0 Å². The van der Waals surface area contributed by atoms with Gasteiger partial charge < -0.3 is 5.73 Å². The molecular weight excluding hydrogens is 232 g/mol. The Hall–Kier alpha value is -0.0800. The van der Waals surface area contributed by atoms with Gasteiger partial charge in [-0.25, -0.2) is 0 Å². The maximum Gasteiger partial charge on any atom is 0.0357 e. The lowest BCUT2D eigenvalue weighted by Crippen LogP contribution is -2.60. The van der Waals surface area contributed by atoms with Crippen LogP contribution in [0.2, 0.25) is 0 Å². The van der Waals surface area contributed by atoms with E-state index in [9.17, 15) is 0 Å². The molecule has 1 aliphatic heterocycles. The highest BCUT2D eigenvalue weighted by molar-refractivity contribution is 5.03. The molecule has 2 rings (SSSR count). The predicted octanol–water partition coefficient (Wildman–Crippen LogP) is 3.65. The molecule has 0 aromatic heterocycles. The molecule has 1 heterocycles. The lowest BCUT2D eigenvalue weighted by Gasteiger charge is -2.53. The van der Waals surface area contributed by atoms with Gasteiger partial charge in [-0.1, -0.05) is 34.1 Å². The highest BCUT2D eigenvalue weighted by atomic mass is 15.2. The van der Waals surface area contributed by atoms with Crippen LogP contribution in [0.15, 0.2) is 0 Å². The molecule has 0 aromatic carbocycles. The quantitative estimate of drug-likeness (QED) is 0.841. The monoisotopic (exact) mass is 266 g/mol. The summed E-state index contributed by atoms with van der Waals surface area (Å²) in [7, 11) is 0. The Labute approximate surface area is 120 Å². The summed E-state index contributed by atoms with van der Waals surface area (Å²) in [4.78, 5) is 2.77. The fourth-order valence-corrected chi connectivity index (χ4v) is 4.71. The Bertz CT molecular complexity index is 300.